The van der Waals surface area contributed by atoms with E-state index in [0.29, 0.717) is 53.7 Å². The van der Waals surface area contributed by atoms with Crippen LogP contribution in [-0.4, -0.2) is 11.1 Å². The van der Waals surface area contributed by atoms with Gasteiger partial charge in [-0.2, -0.15) is 13.2 Å². The van der Waals surface area contributed by atoms with E-state index < -0.39 is 41.8 Å². The van der Waals surface area contributed by atoms with Crippen molar-refractivity contribution in [3.63, 3.8) is 0 Å². The van der Waals surface area contributed by atoms with Gasteiger partial charge in [0.1, 0.15) is 18.2 Å². The number of hydrogen-bond donors (Lipinski definition) is 1. The first-order valence-corrected chi connectivity index (χ1v) is 11.0. The van der Waals surface area contributed by atoms with Gasteiger partial charge in [-0.3, -0.25) is 0 Å². The van der Waals surface area contributed by atoms with Crippen LogP contribution in [0.2, 0.25) is 0 Å². The minimum Gasteiger partial charge on any atom is -0.488 e. The molecule has 0 radical (unpaired) electrons. The van der Waals surface area contributed by atoms with Crippen LogP contribution in [0.4, 0.5) is 26.3 Å². The number of aromatic carboxylic acids is 1. The maximum Gasteiger partial charge on any atom is 0.416 e. The maximum atomic E-state index is 14.1. The van der Waals surface area contributed by atoms with Crippen molar-refractivity contribution in [3.8, 4) is 5.75 Å². The van der Waals surface area contributed by atoms with Gasteiger partial charge < -0.3 is 9.84 Å². The number of halogens is 6. The number of carboxylic acids is 1. The van der Waals surface area contributed by atoms with Gasteiger partial charge in [0.15, 0.2) is 11.6 Å². The summed E-state index contributed by atoms with van der Waals surface area (Å²) in [7, 11) is 0. The summed E-state index contributed by atoms with van der Waals surface area (Å²) < 4.78 is 87.1. The zero-order valence-electron chi connectivity index (χ0n) is 19.0. The highest BCUT2D eigenvalue weighted by atomic mass is 19.4. The second kappa shape index (κ2) is 9.72. The summed E-state index contributed by atoms with van der Waals surface area (Å²) in [5.74, 6) is -4.81. The van der Waals surface area contributed by atoms with Gasteiger partial charge >= 0.3 is 12.1 Å². The summed E-state index contributed by atoms with van der Waals surface area (Å²) in [6.45, 7) is 1.10. The Kier molecular flexibility index (Phi) is 6.84. The average Bonchev–Trinajstić information content (AvgIpc) is 3.29. The van der Waals surface area contributed by atoms with E-state index in [1.807, 2.05) is 0 Å². The first-order chi connectivity index (χ1) is 17.0. The lowest BCUT2D eigenvalue weighted by molar-refractivity contribution is -0.137. The standard InChI is InChI=1S/C27H20F6O3/c1-14-5-6-15(9-20(14)26(34)35)18-3-2-4-19(18)21-11-17(27(31,32)33)7-8-25(21)36-13-16-10-23(29)24(30)12-22(16)28/h5-12H,2-4,13H2,1H3,(H,34,35). The molecule has 9 heteroatoms. The van der Waals surface area contributed by atoms with E-state index in [1.54, 1.807) is 19.1 Å². The van der Waals surface area contributed by atoms with Crippen molar-refractivity contribution in [3.05, 3.63) is 99.4 Å². The molecule has 0 saturated heterocycles. The van der Waals surface area contributed by atoms with Crippen molar-refractivity contribution in [2.45, 2.75) is 39.0 Å². The van der Waals surface area contributed by atoms with Gasteiger partial charge in [0.2, 0.25) is 0 Å². The molecule has 1 aliphatic rings. The zero-order valence-corrected chi connectivity index (χ0v) is 19.0. The van der Waals surface area contributed by atoms with Crippen LogP contribution >= 0.6 is 0 Å². The summed E-state index contributed by atoms with van der Waals surface area (Å²) in [4.78, 5) is 11.6. The van der Waals surface area contributed by atoms with E-state index in [0.717, 1.165) is 18.2 Å². The van der Waals surface area contributed by atoms with Crippen molar-refractivity contribution >= 4 is 17.1 Å². The molecule has 36 heavy (non-hydrogen) atoms. The number of ether oxygens (including phenoxy) is 1. The monoisotopic (exact) mass is 506 g/mol. The lowest BCUT2D eigenvalue weighted by Gasteiger charge is -2.18. The Balaban J connectivity index is 1.80. The van der Waals surface area contributed by atoms with E-state index in [1.165, 1.54) is 6.07 Å². The highest BCUT2D eigenvalue weighted by Crippen LogP contribution is 2.45. The van der Waals surface area contributed by atoms with E-state index in [2.05, 4.69) is 0 Å². The maximum absolute atomic E-state index is 14.1. The molecule has 3 nitrogen and oxygen atoms in total. The molecule has 0 spiro atoms. The first kappa shape index (κ1) is 25.3. The van der Waals surface area contributed by atoms with Crippen LogP contribution in [0.3, 0.4) is 0 Å². The van der Waals surface area contributed by atoms with Gasteiger partial charge in [0, 0.05) is 17.2 Å². The molecule has 0 heterocycles. The van der Waals surface area contributed by atoms with Crippen molar-refractivity contribution in [1.29, 1.82) is 0 Å². The molecular formula is C27H20F6O3. The predicted molar refractivity (Wildman–Crippen MR) is 121 cm³/mol. The summed E-state index contributed by atoms with van der Waals surface area (Å²) in [6, 6.07) is 8.71. The lowest BCUT2D eigenvalue weighted by Crippen LogP contribution is -2.08. The molecule has 3 aromatic rings. The fourth-order valence-electron chi connectivity index (χ4n) is 4.30. The Hall–Kier alpha value is -3.75. The van der Waals surface area contributed by atoms with Crippen molar-refractivity contribution in [1.82, 2.24) is 0 Å². The SMILES string of the molecule is Cc1ccc(C2=C(c3cc(C(F)(F)F)ccc3OCc3cc(F)c(F)cc3F)CCC2)cc1C(=O)O. The molecule has 0 aromatic heterocycles. The average molecular weight is 506 g/mol. The van der Waals surface area contributed by atoms with E-state index >= 15 is 0 Å². The van der Waals surface area contributed by atoms with Crippen LogP contribution in [0.25, 0.3) is 11.1 Å². The van der Waals surface area contributed by atoms with E-state index in [4.69, 9.17) is 4.74 Å². The summed E-state index contributed by atoms with van der Waals surface area (Å²) in [6.07, 6.45) is -3.11. The molecule has 0 amide bonds. The smallest absolute Gasteiger partial charge is 0.416 e. The largest absolute Gasteiger partial charge is 0.488 e. The van der Waals surface area contributed by atoms with Crippen LogP contribution < -0.4 is 4.74 Å². The Labute approximate surface area is 202 Å². The van der Waals surface area contributed by atoms with E-state index in [9.17, 15) is 36.2 Å². The van der Waals surface area contributed by atoms with Gasteiger partial charge in [-0.25, -0.2) is 18.0 Å². The molecule has 4 rings (SSSR count). The third kappa shape index (κ3) is 5.10. The van der Waals surface area contributed by atoms with E-state index in [-0.39, 0.29) is 22.4 Å². The number of aryl methyl sites for hydroxylation is 1. The quantitative estimate of drug-likeness (QED) is 0.274. The van der Waals surface area contributed by atoms with Crippen LogP contribution in [0.1, 0.15) is 57.4 Å². The fourth-order valence-corrected chi connectivity index (χ4v) is 4.30. The van der Waals surface area contributed by atoms with Crippen LogP contribution in [-0.2, 0) is 12.8 Å². The van der Waals surface area contributed by atoms with Crippen molar-refractivity contribution < 1.29 is 41.0 Å². The third-order valence-electron chi connectivity index (χ3n) is 6.14. The molecule has 3 aromatic carbocycles. The van der Waals surface area contributed by atoms with Gasteiger partial charge in [-0.1, -0.05) is 12.1 Å². The Bertz CT molecular complexity index is 1370. The number of carbonyl (C=O) groups is 1. The Morgan fingerprint density at radius 2 is 1.61 bits per heavy atom. The molecule has 0 saturated carbocycles. The zero-order chi connectivity index (χ0) is 26.2. The number of allylic oxidation sites excluding steroid dienone is 2. The highest BCUT2D eigenvalue weighted by Gasteiger charge is 2.32. The van der Waals surface area contributed by atoms with Gasteiger partial charge in [-0.05, 0) is 78.8 Å². The highest BCUT2D eigenvalue weighted by molar-refractivity contribution is 5.97. The second-order valence-electron chi connectivity index (χ2n) is 8.50. The molecule has 0 fully saturated rings. The van der Waals surface area contributed by atoms with Crippen molar-refractivity contribution in [2.75, 3.05) is 0 Å². The van der Waals surface area contributed by atoms with Gasteiger partial charge in [0.25, 0.3) is 0 Å². The number of alkyl halides is 3. The normalized spacial score (nSPS) is 13.9. The molecule has 0 bridgehead atoms. The molecule has 0 atom stereocenters. The molecule has 1 aliphatic carbocycles. The van der Waals surface area contributed by atoms with Crippen molar-refractivity contribution in [2.24, 2.45) is 0 Å². The summed E-state index contributed by atoms with van der Waals surface area (Å²) in [5.41, 5.74) is 1.33. The fraction of sp³-hybridized carbons (Fsp3) is 0.222. The number of rotatable bonds is 6. The molecule has 188 valence electrons. The third-order valence-corrected chi connectivity index (χ3v) is 6.14. The number of benzene rings is 3. The van der Waals surface area contributed by atoms with Crippen LogP contribution in [0.5, 0.6) is 5.75 Å². The predicted octanol–water partition coefficient (Wildman–Crippen LogP) is 7.80. The minimum absolute atomic E-state index is 0.00658. The Morgan fingerprint density at radius 3 is 2.31 bits per heavy atom. The van der Waals surface area contributed by atoms with Gasteiger partial charge in [0.05, 0.1) is 11.1 Å². The second-order valence-corrected chi connectivity index (χ2v) is 8.50. The van der Waals surface area contributed by atoms with Gasteiger partial charge in [-0.15, -0.1) is 0 Å². The van der Waals surface area contributed by atoms with Crippen LogP contribution in [0.15, 0.2) is 48.5 Å². The first-order valence-electron chi connectivity index (χ1n) is 11.0. The number of carboxylic acid groups (broad SMARTS) is 1. The van der Waals surface area contributed by atoms with Crippen LogP contribution in [0, 0.1) is 24.4 Å². The molecule has 1 N–H and O–H groups in total. The number of hydrogen-bond acceptors (Lipinski definition) is 2. The molecular weight excluding hydrogens is 486 g/mol. The Morgan fingerprint density at radius 1 is 0.917 bits per heavy atom. The molecule has 0 aliphatic heterocycles. The molecule has 0 unspecified atom stereocenters. The topological polar surface area (TPSA) is 46.5 Å². The lowest BCUT2D eigenvalue weighted by atomic mass is 9.93. The summed E-state index contributed by atoms with van der Waals surface area (Å²) >= 11 is 0. The minimum atomic E-state index is -4.64. The summed E-state index contributed by atoms with van der Waals surface area (Å²) in [5, 5.41) is 9.48.